The standard InChI is InChI=1S/C19H16N4O2S/c1-12(18-21-15-5-3-4-6-16(15)26-18)23(2)19(24)14-9-7-13(8-10-14)17-22-20-11-25-17/h3-12H,1-2H3/t12-/m0/s1. The van der Waals surface area contributed by atoms with E-state index < -0.39 is 0 Å². The van der Waals surface area contributed by atoms with Crippen LogP contribution in [0.15, 0.2) is 59.3 Å². The minimum absolute atomic E-state index is 0.0613. The van der Waals surface area contributed by atoms with Gasteiger partial charge in [-0.25, -0.2) is 4.98 Å². The Morgan fingerprint density at radius 2 is 1.92 bits per heavy atom. The number of amides is 1. The molecule has 0 saturated heterocycles. The third-order valence-corrected chi connectivity index (χ3v) is 5.51. The van der Waals surface area contributed by atoms with Crippen LogP contribution >= 0.6 is 11.3 Å². The number of nitrogens with zero attached hydrogens (tertiary/aromatic N) is 4. The predicted molar refractivity (Wildman–Crippen MR) is 99.9 cm³/mol. The first kappa shape index (κ1) is 16.4. The molecule has 7 heteroatoms. The number of aromatic nitrogens is 3. The maximum absolute atomic E-state index is 12.8. The van der Waals surface area contributed by atoms with Crippen molar-refractivity contribution in [3.63, 3.8) is 0 Å². The van der Waals surface area contributed by atoms with E-state index >= 15 is 0 Å². The Hall–Kier alpha value is -3.06. The van der Waals surface area contributed by atoms with E-state index in [0.717, 1.165) is 20.8 Å². The normalized spacial score (nSPS) is 12.2. The summed E-state index contributed by atoms with van der Waals surface area (Å²) < 4.78 is 6.29. The molecule has 0 fully saturated rings. The highest BCUT2D eigenvalue weighted by molar-refractivity contribution is 7.18. The number of benzene rings is 2. The second kappa shape index (κ2) is 6.68. The number of hydrogen-bond acceptors (Lipinski definition) is 6. The van der Waals surface area contributed by atoms with Crippen LogP contribution in [0.25, 0.3) is 21.7 Å². The fraction of sp³-hybridized carbons (Fsp3) is 0.158. The lowest BCUT2D eigenvalue weighted by Gasteiger charge is -2.23. The van der Waals surface area contributed by atoms with Crippen LogP contribution in [0, 0.1) is 0 Å². The summed E-state index contributed by atoms with van der Waals surface area (Å²) >= 11 is 1.61. The van der Waals surface area contributed by atoms with Gasteiger partial charge in [0, 0.05) is 18.2 Å². The maximum atomic E-state index is 12.8. The zero-order valence-corrected chi connectivity index (χ0v) is 15.1. The van der Waals surface area contributed by atoms with Gasteiger partial charge in [-0.3, -0.25) is 4.79 Å². The monoisotopic (exact) mass is 364 g/mol. The molecular weight excluding hydrogens is 348 g/mol. The molecule has 0 unspecified atom stereocenters. The van der Waals surface area contributed by atoms with Crippen LogP contribution < -0.4 is 0 Å². The summed E-state index contributed by atoms with van der Waals surface area (Å²) in [4.78, 5) is 19.2. The van der Waals surface area contributed by atoms with Crippen LogP contribution in [0.5, 0.6) is 0 Å². The molecule has 0 radical (unpaired) electrons. The Bertz CT molecular complexity index is 1010. The lowest BCUT2D eigenvalue weighted by molar-refractivity contribution is 0.0742. The first-order valence-electron chi connectivity index (χ1n) is 8.12. The maximum Gasteiger partial charge on any atom is 0.254 e. The molecule has 4 rings (SSSR count). The van der Waals surface area contributed by atoms with Crippen molar-refractivity contribution in [1.82, 2.24) is 20.1 Å². The van der Waals surface area contributed by atoms with Gasteiger partial charge in [-0.1, -0.05) is 12.1 Å². The number of rotatable bonds is 4. The number of hydrogen-bond donors (Lipinski definition) is 0. The Morgan fingerprint density at radius 3 is 2.62 bits per heavy atom. The smallest absolute Gasteiger partial charge is 0.254 e. The van der Waals surface area contributed by atoms with Crippen molar-refractivity contribution in [2.75, 3.05) is 7.05 Å². The lowest BCUT2D eigenvalue weighted by Crippen LogP contribution is -2.29. The van der Waals surface area contributed by atoms with Crippen LogP contribution in [-0.4, -0.2) is 33.0 Å². The number of thiazole rings is 1. The van der Waals surface area contributed by atoms with E-state index in [1.807, 2.05) is 31.2 Å². The molecule has 2 aromatic carbocycles. The molecule has 0 N–H and O–H groups in total. The van der Waals surface area contributed by atoms with E-state index in [0.29, 0.717) is 11.5 Å². The van der Waals surface area contributed by atoms with Gasteiger partial charge in [0.05, 0.1) is 16.3 Å². The van der Waals surface area contributed by atoms with Crippen LogP contribution in [0.2, 0.25) is 0 Å². The summed E-state index contributed by atoms with van der Waals surface area (Å²) in [6.07, 6.45) is 1.28. The van der Waals surface area contributed by atoms with Gasteiger partial charge in [0.25, 0.3) is 5.91 Å². The van der Waals surface area contributed by atoms with E-state index in [9.17, 15) is 4.79 Å². The Labute approximate surface area is 154 Å². The van der Waals surface area contributed by atoms with Crippen LogP contribution in [0.1, 0.15) is 28.3 Å². The predicted octanol–water partition coefficient (Wildman–Crippen LogP) is 4.18. The highest BCUT2D eigenvalue weighted by Crippen LogP contribution is 2.29. The Morgan fingerprint density at radius 1 is 1.15 bits per heavy atom. The van der Waals surface area contributed by atoms with Crippen LogP contribution in [0.4, 0.5) is 0 Å². The van der Waals surface area contributed by atoms with Crippen LogP contribution in [-0.2, 0) is 0 Å². The van der Waals surface area contributed by atoms with Gasteiger partial charge in [0.1, 0.15) is 5.01 Å². The second-order valence-electron chi connectivity index (χ2n) is 5.93. The molecule has 2 heterocycles. The van der Waals surface area contributed by atoms with E-state index in [4.69, 9.17) is 4.42 Å². The largest absolute Gasteiger partial charge is 0.423 e. The highest BCUT2D eigenvalue weighted by Gasteiger charge is 2.22. The fourth-order valence-electron chi connectivity index (χ4n) is 2.67. The van der Waals surface area contributed by atoms with E-state index in [1.165, 1.54) is 6.39 Å². The molecule has 2 aromatic heterocycles. The Kier molecular flexibility index (Phi) is 4.22. The number of para-hydroxylation sites is 1. The molecule has 0 spiro atoms. The summed E-state index contributed by atoms with van der Waals surface area (Å²) in [5, 5.41) is 8.45. The minimum atomic E-state index is -0.115. The summed E-state index contributed by atoms with van der Waals surface area (Å²) in [5.74, 6) is 0.369. The molecule has 1 atom stereocenters. The number of fused-ring (bicyclic) bond motifs is 1. The molecule has 4 aromatic rings. The van der Waals surface area contributed by atoms with Gasteiger partial charge in [-0.2, -0.15) is 0 Å². The van der Waals surface area contributed by atoms with Gasteiger partial charge in [0.15, 0.2) is 0 Å². The Balaban J connectivity index is 1.55. The number of carbonyl (C=O) groups is 1. The SMILES string of the molecule is C[C@@H](c1nc2ccccc2s1)N(C)C(=O)c1ccc(-c2nnco2)cc1. The molecule has 6 nitrogen and oxygen atoms in total. The topological polar surface area (TPSA) is 72.1 Å². The molecule has 130 valence electrons. The van der Waals surface area contributed by atoms with Crippen LogP contribution in [0.3, 0.4) is 0 Å². The van der Waals surface area contributed by atoms with E-state index in [2.05, 4.69) is 15.2 Å². The van der Waals surface area contributed by atoms with Crippen molar-refractivity contribution >= 4 is 27.5 Å². The second-order valence-corrected chi connectivity index (χ2v) is 7.00. The zero-order valence-electron chi connectivity index (χ0n) is 14.3. The third kappa shape index (κ3) is 2.97. The first-order valence-corrected chi connectivity index (χ1v) is 8.94. The molecule has 1 amide bonds. The van der Waals surface area contributed by atoms with Gasteiger partial charge in [0.2, 0.25) is 12.3 Å². The molecule has 0 aliphatic heterocycles. The summed E-state index contributed by atoms with van der Waals surface area (Å²) in [6.45, 7) is 1.99. The average Bonchev–Trinajstić information content (AvgIpc) is 3.36. The van der Waals surface area contributed by atoms with Crippen molar-refractivity contribution in [3.05, 3.63) is 65.5 Å². The van der Waals surface area contributed by atoms with Crippen molar-refractivity contribution in [3.8, 4) is 11.5 Å². The minimum Gasteiger partial charge on any atom is -0.423 e. The molecule has 0 saturated carbocycles. The molecule has 0 bridgehead atoms. The zero-order chi connectivity index (χ0) is 18.1. The molecule has 0 aliphatic rings. The van der Waals surface area contributed by atoms with Gasteiger partial charge >= 0.3 is 0 Å². The van der Waals surface area contributed by atoms with Crippen molar-refractivity contribution < 1.29 is 9.21 Å². The third-order valence-electron chi connectivity index (χ3n) is 4.31. The summed E-state index contributed by atoms with van der Waals surface area (Å²) in [7, 11) is 1.80. The van der Waals surface area contributed by atoms with Crippen molar-refractivity contribution in [1.29, 1.82) is 0 Å². The highest BCUT2D eigenvalue weighted by atomic mass is 32.1. The van der Waals surface area contributed by atoms with Crippen molar-refractivity contribution in [2.24, 2.45) is 0 Å². The van der Waals surface area contributed by atoms with E-state index in [-0.39, 0.29) is 11.9 Å². The lowest BCUT2D eigenvalue weighted by atomic mass is 10.1. The summed E-state index contributed by atoms with van der Waals surface area (Å²) in [6, 6.07) is 15.0. The van der Waals surface area contributed by atoms with Gasteiger partial charge in [-0.05, 0) is 43.3 Å². The quantitative estimate of drug-likeness (QED) is 0.543. The van der Waals surface area contributed by atoms with Gasteiger partial charge < -0.3 is 9.32 Å². The fourth-order valence-corrected chi connectivity index (χ4v) is 3.73. The molecular formula is C19H16N4O2S. The first-order chi connectivity index (χ1) is 12.6. The summed E-state index contributed by atoms with van der Waals surface area (Å²) in [5.41, 5.74) is 2.34. The molecule has 26 heavy (non-hydrogen) atoms. The average molecular weight is 364 g/mol. The van der Waals surface area contributed by atoms with Gasteiger partial charge in [-0.15, -0.1) is 21.5 Å². The van der Waals surface area contributed by atoms with Crippen molar-refractivity contribution in [2.45, 2.75) is 13.0 Å². The molecule has 0 aliphatic carbocycles. The van der Waals surface area contributed by atoms with E-state index in [1.54, 1.807) is 47.5 Å². The number of carbonyl (C=O) groups excluding carboxylic acids is 1.